The molecule has 6 rings (SSSR count). The lowest BCUT2D eigenvalue weighted by molar-refractivity contribution is -0.143. The second-order valence-electron chi connectivity index (χ2n) is 14.1. The van der Waals surface area contributed by atoms with Gasteiger partial charge in [-0.25, -0.2) is 0 Å². The normalized spacial score (nSPS) is 22.9. The summed E-state index contributed by atoms with van der Waals surface area (Å²) in [7, 11) is 1.79. The summed E-state index contributed by atoms with van der Waals surface area (Å²) in [5, 5.41) is 4.32. The van der Waals surface area contributed by atoms with Crippen LogP contribution in [0.5, 0.6) is 0 Å². The minimum atomic E-state index is -5.04. The Kier molecular flexibility index (Phi) is 10.8. The first-order valence-corrected chi connectivity index (χ1v) is 17.6. The maximum absolute atomic E-state index is 13.8. The van der Waals surface area contributed by atoms with Gasteiger partial charge in [-0.2, -0.15) is 31.4 Å². The van der Waals surface area contributed by atoms with Crippen molar-refractivity contribution < 1.29 is 35.9 Å². The van der Waals surface area contributed by atoms with Gasteiger partial charge in [-0.1, -0.05) is 30.3 Å². The summed E-state index contributed by atoms with van der Waals surface area (Å²) in [6, 6.07) is 12.4. The number of piperidine rings is 1. The molecule has 3 aliphatic heterocycles. The van der Waals surface area contributed by atoms with Gasteiger partial charge >= 0.3 is 12.4 Å². The fraction of sp³-hybridized carbons (Fsp3) is 0.541. The molecule has 3 aliphatic rings. The van der Waals surface area contributed by atoms with Gasteiger partial charge in [-0.3, -0.25) is 24.1 Å². The lowest BCUT2D eigenvalue weighted by atomic mass is 9.90. The van der Waals surface area contributed by atoms with Crippen LogP contribution in [0.25, 0.3) is 0 Å². The van der Waals surface area contributed by atoms with Crippen LogP contribution in [-0.4, -0.2) is 105 Å². The van der Waals surface area contributed by atoms with Gasteiger partial charge in [0.1, 0.15) is 5.69 Å². The molecule has 2 aromatic carbocycles. The quantitative estimate of drug-likeness (QED) is 0.281. The van der Waals surface area contributed by atoms with E-state index >= 15 is 0 Å². The average molecular weight is 719 g/mol. The molecule has 0 spiro atoms. The fourth-order valence-corrected chi connectivity index (χ4v) is 8.04. The highest BCUT2D eigenvalue weighted by molar-refractivity contribution is 5.95. The van der Waals surface area contributed by atoms with Crippen LogP contribution in [0.15, 0.2) is 54.6 Å². The Balaban J connectivity index is 1.11. The van der Waals surface area contributed by atoms with Gasteiger partial charge < -0.3 is 9.80 Å². The van der Waals surface area contributed by atoms with E-state index in [1.807, 2.05) is 48.2 Å². The van der Waals surface area contributed by atoms with Crippen molar-refractivity contribution in [2.75, 3.05) is 45.8 Å². The third-order valence-corrected chi connectivity index (χ3v) is 10.7. The van der Waals surface area contributed by atoms with E-state index in [1.165, 1.54) is 4.90 Å². The number of piperazine rings is 1. The Bertz CT molecular complexity index is 1650. The van der Waals surface area contributed by atoms with Crippen molar-refractivity contribution in [3.8, 4) is 0 Å². The van der Waals surface area contributed by atoms with E-state index in [0.717, 1.165) is 56.7 Å². The third-order valence-electron chi connectivity index (χ3n) is 10.7. The van der Waals surface area contributed by atoms with Crippen LogP contribution in [-0.2, 0) is 25.8 Å². The first kappa shape index (κ1) is 36.9. The zero-order valence-electron chi connectivity index (χ0n) is 28.9. The molecule has 3 fully saturated rings. The highest BCUT2D eigenvalue weighted by Gasteiger charge is 2.40. The predicted molar refractivity (Wildman–Crippen MR) is 179 cm³/mol. The zero-order valence-corrected chi connectivity index (χ0v) is 28.9. The van der Waals surface area contributed by atoms with Crippen LogP contribution >= 0.6 is 0 Å². The molecule has 276 valence electrons. The maximum Gasteiger partial charge on any atom is 0.416 e. The van der Waals surface area contributed by atoms with Gasteiger partial charge in [0.2, 0.25) is 0 Å². The Labute approximate surface area is 294 Å². The number of alkyl halides is 6. The molecule has 8 nitrogen and oxygen atoms in total. The van der Waals surface area contributed by atoms with Crippen molar-refractivity contribution >= 4 is 11.8 Å². The summed E-state index contributed by atoms with van der Waals surface area (Å²) in [6.07, 6.45) is -5.73. The first-order valence-electron chi connectivity index (χ1n) is 17.6. The summed E-state index contributed by atoms with van der Waals surface area (Å²) >= 11 is 0. The number of likely N-dealkylation sites (tertiary alicyclic amines) is 2. The van der Waals surface area contributed by atoms with Crippen LogP contribution in [0.1, 0.15) is 75.3 Å². The van der Waals surface area contributed by atoms with Crippen LogP contribution in [0.3, 0.4) is 0 Å². The molecule has 4 heterocycles. The predicted octanol–water partition coefficient (Wildman–Crippen LogP) is 6.29. The number of hydrogen-bond donors (Lipinski definition) is 0. The van der Waals surface area contributed by atoms with Crippen LogP contribution in [0.4, 0.5) is 26.3 Å². The molecule has 0 aliphatic carbocycles. The van der Waals surface area contributed by atoms with Gasteiger partial charge in [-0.15, -0.1) is 0 Å². The maximum atomic E-state index is 13.8. The molecule has 0 radical (unpaired) electrons. The average Bonchev–Trinajstić information content (AvgIpc) is 3.27. The smallest absolute Gasteiger partial charge is 0.337 e. The lowest BCUT2D eigenvalue weighted by Gasteiger charge is -2.47. The summed E-state index contributed by atoms with van der Waals surface area (Å²) in [4.78, 5) is 35.3. The van der Waals surface area contributed by atoms with Crippen molar-refractivity contribution in [3.63, 3.8) is 0 Å². The van der Waals surface area contributed by atoms with Crippen molar-refractivity contribution in [2.24, 2.45) is 7.05 Å². The number of carbonyl (C=O) groups excluding carboxylic acids is 2. The van der Waals surface area contributed by atoms with E-state index < -0.39 is 41.0 Å². The summed E-state index contributed by atoms with van der Waals surface area (Å²) < 4.78 is 83.5. The number of nitrogens with zero attached hydrogens (tertiary/aromatic N) is 6. The van der Waals surface area contributed by atoms with Crippen molar-refractivity contribution in [1.29, 1.82) is 0 Å². The van der Waals surface area contributed by atoms with Crippen molar-refractivity contribution in [2.45, 2.75) is 75.9 Å². The van der Waals surface area contributed by atoms with Gasteiger partial charge in [0.25, 0.3) is 11.8 Å². The van der Waals surface area contributed by atoms with E-state index in [2.05, 4.69) is 14.9 Å². The lowest BCUT2D eigenvalue weighted by Crippen LogP contribution is -2.58. The van der Waals surface area contributed by atoms with Gasteiger partial charge in [0, 0.05) is 76.5 Å². The van der Waals surface area contributed by atoms with E-state index in [9.17, 15) is 35.9 Å². The van der Waals surface area contributed by atoms with E-state index in [4.69, 9.17) is 0 Å². The van der Waals surface area contributed by atoms with Gasteiger partial charge in [0.05, 0.1) is 16.8 Å². The molecule has 3 aromatic rings. The first-order chi connectivity index (χ1) is 24.2. The van der Waals surface area contributed by atoms with Crippen LogP contribution in [0, 0.1) is 6.92 Å². The molecule has 51 heavy (non-hydrogen) atoms. The van der Waals surface area contributed by atoms with Gasteiger partial charge in [-0.05, 0) is 75.3 Å². The molecule has 0 saturated carbocycles. The van der Waals surface area contributed by atoms with Crippen molar-refractivity contribution in [1.82, 2.24) is 29.4 Å². The highest BCUT2D eigenvalue weighted by atomic mass is 19.4. The summed E-state index contributed by atoms with van der Waals surface area (Å²) in [5.41, 5.74) is -1.26. The number of halogens is 6. The Morgan fingerprint density at radius 3 is 1.94 bits per heavy atom. The fourth-order valence-electron chi connectivity index (χ4n) is 8.04. The number of aryl methyl sites for hydroxylation is 2. The van der Waals surface area contributed by atoms with E-state index in [1.54, 1.807) is 11.7 Å². The van der Waals surface area contributed by atoms with Crippen molar-refractivity contribution in [3.05, 3.63) is 88.2 Å². The molecule has 2 amide bonds. The van der Waals surface area contributed by atoms with Crippen LogP contribution < -0.4 is 0 Å². The number of carbonyl (C=O) groups is 2. The molecule has 0 N–H and O–H groups in total. The minimum Gasteiger partial charge on any atom is -0.337 e. The SMILES string of the molecule is Cc1cc(C(=O)N2CCCC(N3CCN(C4CCN(C(=O)c5cc(C(F)(F)F)cc(C(F)(F)F)c5)C(Cc5ccccc5)C4)CC3)CC2)n(C)n1. The monoisotopic (exact) mass is 718 g/mol. The Morgan fingerprint density at radius 2 is 1.35 bits per heavy atom. The van der Waals surface area contributed by atoms with E-state index in [-0.39, 0.29) is 24.6 Å². The molecule has 14 heteroatoms. The molecule has 3 saturated heterocycles. The topological polar surface area (TPSA) is 64.9 Å². The number of amides is 2. The highest BCUT2D eigenvalue weighted by Crippen LogP contribution is 2.37. The number of benzene rings is 2. The summed E-state index contributed by atoms with van der Waals surface area (Å²) in [5.74, 6) is -0.817. The zero-order chi connectivity index (χ0) is 36.5. The Hall–Kier alpha value is -3.91. The number of aromatic nitrogens is 2. The number of hydrogen-bond acceptors (Lipinski definition) is 5. The van der Waals surface area contributed by atoms with E-state index in [0.29, 0.717) is 56.2 Å². The molecule has 0 bridgehead atoms. The number of rotatable bonds is 6. The second-order valence-corrected chi connectivity index (χ2v) is 14.1. The largest absolute Gasteiger partial charge is 0.416 e. The molecule has 1 aromatic heterocycles. The third kappa shape index (κ3) is 8.60. The molecule has 3 atom stereocenters. The van der Waals surface area contributed by atoms with Crippen LogP contribution in [0.2, 0.25) is 0 Å². The molecule has 3 unspecified atom stereocenters. The second kappa shape index (κ2) is 15.0. The standard InChI is InChI=1S/C37H44F6N6O2/c1-25-19-33(45(2)44-25)35(51)48-12-6-9-30(10-13-48)46-15-17-47(18-16-46)31-11-14-49(32(24-31)20-26-7-4-3-5-8-26)34(50)27-21-28(36(38,39)40)23-29(22-27)37(41,42)43/h3-5,7-8,19,21-23,30-32H,6,9-18,20,24H2,1-2H3. The minimum absolute atomic E-state index is 0.00676. The molecular weight excluding hydrogens is 674 g/mol. The molecular formula is C37H44F6N6O2. The Morgan fingerprint density at radius 1 is 0.745 bits per heavy atom. The summed E-state index contributed by atoms with van der Waals surface area (Å²) in [6.45, 7) is 6.81. The van der Waals surface area contributed by atoms with Gasteiger partial charge in [0.15, 0.2) is 0 Å².